The molecule has 100 valence electrons. The lowest BCUT2D eigenvalue weighted by Crippen LogP contribution is -2.39. The van der Waals surface area contributed by atoms with Crippen LogP contribution in [0.3, 0.4) is 0 Å². The third-order valence-electron chi connectivity index (χ3n) is 3.75. The lowest BCUT2D eigenvalue weighted by molar-refractivity contribution is -0.0729. The van der Waals surface area contributed by atoms with Gasteiger partial charge in [-0.05, 0) is 36.5 Å². The summed E-state index contributed by atoms with van der Waals surface area (Å²) in [7, 11) is 0. The van der Waals surface area contributed by atoms with E-state index in [1.807, 2.05) is 0 Å². The summed E-state index contributed by atoms with van der Waals surface area (Å²) >= 11 is 7.11. The minimum absolute atomic E-state index is 0.0464. The molecule has 2 atom stereocenters. The van der Waals surface area contributed by atoms with Crippen molar-refractivity contribution in [3.63, 3.8) is 0 Å². The number of alkyl halides is 1. The van der Waals surface area contributed by atoms with Crippen molar-refractivity contribution in [2.24, 2.45) is 5.92 Å². The fourth-order valence-corrected chi connectivity index (χ4v) is 3.66. The van der Waals surface area contributed by atoms with Crippen molar-refractivity contribution in [2.45, 2.75) is 44.8 Å². The van der Waals surface area contributed by atoms with E-state index in [4.69, 9.17) is 4.74 Å². The molecule has 1 nitrogen and oxygen atoms in total. The molecule has 0 bridgehead atoms. The third kappa shape index (κ3) is 3.82. The van der Waals surface area contributed by atoms with Crippen molar-refractivity contribution in [1.82, 2.24) is 0 Å². The Balaban J connectivity index is 1.96. The summed E-state index contributed by atoms with van der Waals surface area (Å²) in [5.41, 5.74) is 1.29. The summed E-state index contributed by atoms with van der Waals surface area (Å²) < 4.78 is 7.37. The predicted molar refractivity (Wildman–Crippen MR) is 83.1 cm³/mol. The molecule has 0 radical (unpaired) electrons. The van der Waals surface area contributed by atoms with Crippen molar-refractivity contribution < 1.29 is 4.74 Å². The van der Waals surface area contributed by atoms with Gasteiger partial charge in [0.25, 0.3) is 0 Å². The van der Waals surface area contributed by atoms with E-state index in [1.54, 1.807) is 0 Å². The summed E-state index contributed by atoms with van der Waals surface area (Å²) in [6, 6.07) is 8.39. The molecule has 1 aliphatic carbocycles. The molecule has 0 aliphatic heterocycles. The van der Waals surface area contributed by atoms with Crippen LogP contribution in [0.4, 0.5) is 0 Å². The van der Waals surface area contributed by atoms with E-state index in [2.05, 4.69) is 63.0 Å². The molecule has 0 spiro atoms. The molecule has 1 aliphatic rings. The van der Waals surface area contributed by atoms with Crippen molar-refractivity contribution in [3.05, 3.63) is 34.3 Å². The van der Waals surface area contributed by atoms with Gasteiger partial charge in [-0.1, -0.05) is 63.8 Å². The van der Waals surface area contributed by atoms with Crippen LogP contribution in [0.5, 0.6) is 0 Å². The molecule has 0 aromatic heterocycles. The van der Waals surface area contributed by atoms with Crippen molar-refractivity contribution in [2.75, 3.05) is 5.33 Å². The van der Waals surface area contributed by atoms with Crippen LogP contribution >= 0.6 is 31.9 Å². The van der Waals surface area contributed by atoms with Crippen molar-refractivity contribution in [3.8, 4) is 0 Å². The summed E-state index contributed by atoms with van der Waals surface area (Å²) in [5.74, 6) is 0.779. The summed E-state index contributed by atoms with van der Waals surface area (Å²) in [6.07, 6.45) is 4.98. The molecule has 1 fully saturated rings. The number of ether oxygens (including phenoxy) is 1. The normalized spacial score (nSPS) is 28.3. The highest BCUT2D eigenvalue weighted by Gasteiger charge is 2.34. The fraction of sp³-hybridized carbons (Fsp3) is 0.600. The second-order valence-electron chi connectivity index (χ2n) is 5.43. The molecule has 18 heavy (non-hydrogen) atoms. The summed E-state index contributed by atoms with van der Waals surface area (Å²) in [5, 5.41) is 0.945. The van der Waals surface area contributed by atoms with Crippen LogP contribution in [0.15, 0.2) is 28.7 Å². The highest BCUT2D eigenvalue weighted by molar-refractivity contribution is 9.10. The average molecular weight is 376 g/mol. The number of hydrogen-bond acceptors (Lipinski definition) is 1. The quantitative estimate of drug-likeness (QED) is 0.648. The van der Waals surface area contributed by atoms with Gasteiger partial charge in [0.1, 0.15) is 0 Å². The number of halogens is 2. The number of benzene rings is 1. The Labute approximate surface area is 127 Å². The maximum absolute atomic E-state index is 6.25. The van der Waals surface area contributed by atoms with Gasteiger partial charge in [-0.25, -0.2) is 0 Å². The molecular formula is C15H20Br2O. The Kier molecular flexibility index (Phi) is 5.28. The molecule has 1 saturated carbocycles. The van der Waals surface area contributed by atoms with Crippen molar-refractivity contribution in [1.29, 1.82) is 0 Å². The molecule has 1 aromatic rings. The Morgan fingerprint density at radius 2 is 2.06 bits per heavy atom. The van der Waals surface area contributed by atoms with Gasteiger partial charge >= 0.3 is 0 Å². The van der Waals surface area contributed by atoms with Crippen LogP contribution in [0.2, 0.25) is 0 Å². The van der Waals surface area contributed by atoms with E-state index < -0.39 is 0 Å². The van der Waals surface area contributed by atoms with Crippen LogP contribution in [0, 0.1) is 5.92 Å². The van der Waals surface area contributed by atoms with E-state index in [1.165, 1.54) is 31.2 Å². The maximum Gasteiger partial charge on any atom is 0.0786 e. The standard InChI is InChI=1S/C15H20Br2O/c1-12-3-2-8-15(9-12,11-16)18-10-13-4-6-14(17)7-5-13/h4-7,12H,2-3,8-11H2,1H3. The van der Waals surface area contributed by atoms with Gasteiger partial charge in [-0.2, -0.15) is 0 Å². The van der Waals surface area contributed by atoms with Crippen molar-refractivity contribution >= 4 is 31.9 Å². The van der Waals surface area contributed by atoms with Crippen LogP contribution in [0.1, 0.15) is 38.2 Å². The van der Waals surface area contributed by atoms with Gasteiger partial charge in [0.15, 0.2) is 0 Å². The topological polar surface area (TPSA) is 9.23 Å². The Morgan fingerprint density at radius 3 is 2.67 bits per heavy atom. The predicted octanol–water partition coefficient (Wildman–Crippen LogP) is 5.31. The van der Waals surface area contributed by atoms with Gasteiger partial charge in [-0.3, -0.25) is 0 Å². The zero-order valence-electron chi connectivity index (χ0n) is 10.8. The zero-order chi connectivity index (χ0) is 13.0. The smallest absolute Gasteiger partial charge is 0.0786 e. The highest BCUT2D eigenvalue weighted by Crippen LogP contribution is 2.37. The highest BCUT2D eigenvalue weighted by atomic mass is 79.9. The fourth-order valence-electron chi connectivity index (χ4n) is 2.72. The molecule has 2 rings (SSSR count). The molecule has 0 N–H and O–H groups in total. The first-order valence-electron chi connectivity index (χ1n) is 6.58. The lowest BCUT2D eigenvalue weighted by atomic mass is 9.80. The van der Waals surface area contributed by atoms with Crippen LogP contribution < -0.4 is 0 Å². The van der Waals surface area contributed by atoms with Gasteiger partial charge < -0.3 is 4.74 Å². The van der Waals surface area contributed by atoms with Gasteiger partial charge in [0, 0.05) is 9.80 Å². The first-order valence-corrected chi connectivity index (χ1v) is 8.49. The SMILES string of the molecule is CC1CCCC(CBr)(OCc2ccc(Br)cc2)C1. The molecule has 0 heterocycles. The Hall–Kier alpha value is 0.140. The molecule has 3 heteroatoms. The summed E-state index contributed by atoms with van der Waals surface area (Å²) in [4.78, 5) is 0. The van der Waals surface area contributed by atoms with E-state index in [-0.39, 0.29) is 5.60 Å². The largest absolute Gasteiger partial charge is 0.369 e. The zero-order valence-corrected chi connectivity index (χ0v) is 14.0. The Morgan fingerprint density at radius 1 is 1.33 bits per heavy atom. The minimum Gasteiger partial charge on any atom is -0.369 e. The van der Waals surface area contributed by atoms with Gasteiger partial charge in [-0.15, -0.1) is 0 Å². The van der Waals surface area contributed by atoms with Crippen LogP contribution in [0.25, 0.3) is 0 Å². The first kappa shape index (κ1) is 14.5. The van der Waals surface area contributed by atoms with E-state index in [0.29, 0.717) is 6.61 Å². The molecule has 2 unspecified atom stereocenters. The molecule has 0 amide bonds. The van der Waals surface area contributed by atoms with Gasteiger partial charge in [0.05, 0.1) is 12.2 Å². The Bertz CT molecular complexity index is 377. The number of hydrogen-bond donors (Lipinski definition) is 0. The minimum atomic E-state index is 0.0464. The maximum atomic E-state index is 6.25. The average Bonchev–Trinajstić information content (AvgIpc) is 2.38. The van der Waals surface area contributed by atoms with Gasteiger partial charge in [0.2, 0.25) is 0 Å². The molecule has 0 saturated heterocycles. The van der Waals surface area contributed by atoms with Crippen LogP contribution in [-0.2, 0) is 11.3 Å². The first-order chi connectivity index (χ1) is 8.63. The van der Waals surface area contributed by atoms with E-state index >= 15 is 0 Å². The number of rotatable bonds is 4. The monoisotopic (exact) mass is 374 g/mol. The second-order valence-corrected chi connectivity index (χ2v) is 6.91. The van der Waals surface area contributed by atoms with Crippen LogP contribution in [-0.4, -0.2) is 10.9 Å². The second kappa shape index (κ2) is 6.53. The van der Waals surface area contributed by atoms with E-state index in [0.717, 1.165) is 15.7 Å². The summed E-state index contributed by atoms with van der Waals surface area (Å²) in [6.45, 7) is 3.05. The lowest BCUT2D eigenvalue weighted by Gasteiger charge is -2.38. The molecular weight excluding hydrogens is 356 g/mol. The van der Waals surface area contributed by atoms with E-state index in [9.17, 15) is 0 Å². The molecule has 1 aromatic carbocycles. The third-order valence-corrected chi connectivity index (χ3v) is 5.30.